The van der Waals surface area contributed by atoms with E-state index in [2.05, 4.69) is 61.7 Å². The Balaban J connectivity index is 1.22. The molecule has 2 atom stereocenters. The van der Waals surface area contributed by atoms with Gasteiger partial charge in [-0.05, 0) is 72.3 Å². The summed E-state index contributed by atoms with van der Waals surface area (Å²) in [7, 11) is 0. The van der Waals surface area contributed by atoms with Gasteiger partial charge in [0.1, 0.15) is 6.04 Å². The minimum absolute atomic E-state index is 0.0296. The Morgan fingerprint density at radius 3 is 2.18 bits per heavy atom. The molecule has 3 aromatic rings. The van der Waals surface area contributed by atoms with Crippen LogP contribution in [0.2, 0.25) is 0 Å². The van der Waals surface area contributed by atoms with Gasteiger partial charge in [-0.15, -0.1) is 0 Å². The molecular weight excluding hydrogens is 558 g/mol. The van der Waals surface area contributed by atoms with Gasteiger partial charge in [-0.3, -0.25) is 14.4 Å². The van der Waals surface area contributed by atoms with Gasteiger partial charge in [0.2, 0.25) is 11.8 Å². The topological polar surface area (TPSA) is 78.5 Å². The zero-order valence-electron chi connectivity index (χ0n) is 27.2. The Labute approximate surface area is 268 Å². The van der Waals surface area contributed by atoms with Gasteiger partial charge in [-0.2, -0.15) is 0 Å². The van der Waals surface area contributed by atoms with Gasteiger partial charge in [0.15, 0.2) is 0 Å². The lowest BCUT2D eigenvalue weighted by Crippen LogP contribution is -2.48. The summed E-state index contributed by atoms with van der Waals surface area (Å²) in [6.07, 6.45) is 7.13. The minimum atomic E-state index is -0.692. The fourth-order valence-corrected chi connectivity index (χ4v) is 6.28. The number of rotatable bonds is 8. The predicted molar refractivity (Wildman–Crippen MR) is 181 cm³/mol. The first-order chi connectivity index (χ1) is 21.5. The fraction of sp³-hybridized carbons (Fsp3) is 0.410. The van der Waals surface area contributed by atoms with Crippen LogP contribution in [0.3, 0.4) is 0 Å². The molecular formula is C39H47N3O3. The fourth-order valence-electron chi connectivity index (χ4n) is 6.28. The third-order valence-corrected chi connectivity index (χ3v) is 9.42. The first kappa shape index (κ1) is 32.2. The minimum Gasteiger partial charge on any atom is -0.348 e. The summed E-state index contributed by atoms with van der Waals surface area (Å²) in [5.41, 5.74) is 5.18. The van der Waals surface area contributed by atoms with Crippen molar-refractivity contribution >= 4 is 17.7 Å². The molecule has 2 aliphatic rings. The number of piperidine rings is 1. The summed E-state index contributed by atoms with van der Waals surface area (Å²) >= 11 is 0. The Morgan fingerprint density at radius 2 is 1.53 bits per heavy atom. The number of hydrogen-bond acceptors (Lipinski definition) is 3. The van der Waals surface area contributed by atoms with Crippen molar-refractivity contribution in [3.05, 3.63) is 107 Å². The first-order valence-electron chi connectivity index (χ1n) is 16.4. The highest BCUT2D eigenvalue weighted by atomic mass is 16.2. The van der Waals surface area contributed by atoms with Crippen LogP contribution < -0.4 is 10.6 Å². The van der Waals surface area contributed by atoms with Gasteiger partial charge >= 0.3 is 0 Å². The van der Waals surface area contributed by atoms with Gasteiger partial charge in [0.05, 0.1) is 5.41 Å². The van der Waals surface area contributed by atoms with Crippen LogP contribution in [-0.4, -0.2) is 42.3 Å². The van der Waals surface area contributed by atoms with Crippen molar-refractivity contribution in [1.82, 2.24) is 15.5 Å². The van der Waals surface area contributed by atoms with E-state index < -0.39 is 11.5 Å². The van der Waals surface area contributed by atoms with E-state index in [-0.39, 0.29) is 23.1 Å². The number of nitrogens with zero attached hydrogens (tertiary/aromatic N) is 1. The van der Waals surface area contributed by atoms with Crippen molar-refractivity contribution in [2.75, 3.05) is 19.6 Å². The molecule has 1 fully saturated rings. The van der Waals surface area contributed by atoms with Crippen LogP contribution in [0.5, 0.6) is 0 Å². The van der Waals surface area contributed by atoms with Crippen molar-refractivity contribution in [3.63, 3.8) is 0 Å². The molecule has 1 heterocycles. The molecule has 1 saturated heterocycles. The van der Waals surface area contributed by atoms with Crippen LogP contribution >= 0.6 is 0 Å². The summed E-state index contributed by atoms with van der Waals surface area (Å²) in [6, 6.07) is 25.0. The predicted octanol–water partition coefficient (Wildman–Crippen LogP) is 7.37. The number of hydrogen-bond donors (Lipinski definition) is 2. The number of carbonyl (C=O) groups excluding carboxylic acids is 3. The van der Waals surface area contributed by atoms with Crippen molar-refractivity contribution < 1.29 is 14.4 Å². The molecule has 236 valence electrons. The van der Waals surface area contributed by atoms with Gasteiger partial charge in [0.25, 0.3) is 5.91 Å². The summed E-state index contributed by atoms with van der Waals surface area (Å²) in [5.74, 6) is -0.245. The molecule has 1 unspecified atom stereocenters. The normalized spacial score (nSPS) is 19.3. The number of likely N-dealkylation sites (tertiary alicyclic amines) is 1. The van der Waals surface area contributed by atoms with Crippen molar-refractivity contribution in [2.24, 2.45) is 5.41 Å². The molecule has 0 aromatic heterocycles. The average molecular weight is 606 g/mol. The second-order valence-corrected chi connectivity index (χ2v) is 13.9. The van der Waals surface area contributed by atoms with Crippen molar-refractivity contribution in [1.29, 1.82) is 0 Å². The van der Waals surface area contributed by atoms with Crippen LogP contribution in [0.15, 0.2) is 90.5 Å². The van der Waals surface area contributed by atoms with Gasteiger partial charge in [-0.25, -0.2) is 0 Å². The Kier molecular flexibility index (Phi) is 9.91. The SMILES string of the molecule is CC1(C(=O)N[C@H](C(=O)N2CCCCC2)c2ccccc2)CC=C(CNC(=O)c2ccccc2-c2ccc(C(C)(C)C)cc2)CC1. The molecule has 1 aliphatic carbocycles. The molecule has 3 aromatic carbocycles. The highest BCUT2D eigenvalue weighted by molar-refractivity contribution is 6.01. The van der Waals surface area contributed by atoms with Crippen LogP contribution in [0, 0.1) is 5.41 Å². The molecule has 0 spiro atoms. The molecule has 0 bridgehead atoms. The smallest absolute Gasteiger partial charge is 0.252 e. The molecule has 5 rings (SSSR count). The van der Waals surface area contributed by atoms with Gasteiger partial charge < -0.3 is 15.5 Å². The van der Waals surface area contributed by atoms with Gasteiger partial charge in [-0.1, -0.05) is 112 Å². The molecule has 0 saturated carbocycles. The quantitative estimate of drug-likeness (QED) is 0.263. The van der Waals surface area contributed by atoms with Crippen LogP contribution in [0.1, 0.15) is 93.7 Å². The van der Waals surface area contributed by atoms with E-state index in [4.69, 9.17) is 0 Å². The highest BCUT2D eigenvalue weighted by Crippen LogP contribution is 2.36. The number of amides is 3. The lowest BCUT2D eigenvalue weighted by molar-refractivity contribution is -0.140. The maximum atomic E-state index is 13.7. The summed E-state index contributed by atoms with van der Waals surface area (Å²) in [6.45, 7) is 10.5. The lowest BCUT2D eigenvalue weighted by Gasteiger charge is -2.35. The summed E-state index contributed by atoms with van der Waals surface area (Å²) in [4.78, 5) is 42.5. The van der Waals surface area contributed by atoms with E-state index in [0.717, 1.165) is 54.6 Å². The molecule has 3 amide bonds. The van der Waals surface area contributed by atoms with Crippen LogP contribution in [0.25, 0.3) is 11.1 Å². The van der Waals surface area contributed by atoms with Crippen molar-refractivity contribution in [2.45, 2.75) is 77.7 Å². The zero-order chi connectivity index (χ0) is 32.0. The third kappa shape index (κ3) is 7.73. The average Bonchev–Trinajstić information content (AvgIpc) is 3.07. The molecule has 0 radical (unpaired) electrons. The number of nitrogens with one attached hydrogen (secondary N) is 2. The second kappa shape index (κ2) is 13.8. The van der Waals surface area contributed by atoms with Gasteiger partial charge in [0, 0.05) is 25.2 Å². The Bertz CT molecular complexity index is 1530. The lowest BCUT2D eigenvalue weighted by atomic mass is 9.75. The molecule has 6 nitrogen and oxygen atoms in total. The van der Waals surface area contributed by atoms with E-state index >= 15 is 0 Å². The second-order valence-electron chi connectivity index (χ2n) is 13.9. The van der Waals surface area contributed by atoms with Crippen LogP contribution in [0.4, 0.5) is 0 Å². The summed E-state index contributed by atoms with van der Waals surface area (Å²) < 4.78 is 0. The standard InChI is InChI=1S/C39H47N3O3/c1-38(2,3)31-19-17-29(18-20-31)32-15-9-10-16-33(32)35(43)40-27-28-21-23-39(4,24-22-28)37(45)41-34(30-13-7-5-8-14-30)36(44)42-25-11-6-12-26-42/h5,7-10,13-21,34H,6,11-12,22-27H2,1-4H3,(H,40,43)(H,41,45)/t34-,39?/m0/s1. The number of benzene rings is 3. The first-order valence-corrected chi connectivity index (χ1v) is 16.4. The van der Waals surface area contributed by atoms with Crippen LogP contribution in [-0.2, 0) is 15.0 Å². The van der Waals surface area contributed by atoms with E-state index in [0.29, 0.717) is 31.4 Å². The van der Waals surface area contributed by atoms with E-state index in [1.54, 1.807) is 0 Å². The molecule has 2 N–H and O–H groups in total. The summed E-state index contributed by atoms with van der Waals surface area (Å²) in [5, 5.41) is 6.25. The van der Waals surface area contributed by atoms with E-state index in [1.807, 2.05) is 66.4 Å². The zero-order valence-corrected chi connectivity index (χ0v) is 27.2. The maximum absolute atomic E-state index is 13.7. The van der Waals surface area contributed by atoms with Crippen molar-refractivity contribution in [3.8, 4) is 11.1 Å². The maximum Gasteiger partial charge on any atom is 0.252 e. The monoisotopic (exact) mass is 605 g/mol. The number of allylic oxidation sites excluding steroid dienone is 1. The highest BCUT2D eigenvalue weighted by Gasteiger charge is 2.38. The third-order valence-electron chi connectivity index (χ3n) is 9.42. The Morgan fingerprint density at radius 1 is 0.867 bits per heavy atom. The Hall–Kier alpha value is -4.19. The van der Waals surface area contributed by atoms with E-state index in [9.17, 15) is 14.4 Å². The number of carbonyl (C=O) groups is 3. The van der Waals surface area contributed by atoms with E-state index in [1.165, 1.54) is 5.56 Å². The molecule has 6 heteroatoms. The molecule has 1 aliphatic heterocycles. The largest absolute Gasteiger partial charge is 0.348 e. The molecule has 45 heavy (non-hydrogen) atoms.